The molecule has 2 aromatic heterocycles. The molecular weight excluding hydrogens is 316 g/mol. The number of ether oxygens (including phenoxy) is 1. The van der Waals surface area contributed by atoms with E-state index in [1.165, 1.54) is 0 Å². The summed E-state index contributed by atoms with van der Waals surface area (Å²) in [5, 5.41) is 1.01. The van der Waals surface area contributed by atoms with Gasteiger partial charge in [0.2, 0.25) is 5.91 Å². The van der Waals surface area contributed by atoms with Gasteiger partial charge < -0.3 is 19.6 Å². The Hall–Kier alpha value is -2.76. The monoisotopic (exact) mass is 338 g/mol. The van der Waals surface area contributed by atoms with Gasteiger partial charge in [-0.3, -0.25) is 4.79 Å². The van der Waals surface area contributed by atoms with Gasteiger partial charge in [-0.15, -0.1) is 0 Å². The first-order valence-corrected chi connectivity index (χ1v) is 8.69. The van der Waals surface area contributed by atoms with Crippen LogP contribution in [0, 0.1) is 6.92 Å². The van der Waals surface area contributed by atoms with Crippen molar-refractivity contribution in [2.45, 2.75) is 33.2 Å². The fourth-order valence-corrected chi connectivity index (χ4v) is 3.56. The minimum absolute atomic E-state index is 0.130. The van der Waals surface area contributed by atoms with Crippen LogP contribution >= 0.6 is 0 Å². The van der Waals surface area contributed by atoms with Crippen molar-refractivity contribution in [3.63, 3.8) is 0 Å². The van der Waals surface area contributed by atoms with Crippen molar-refractivity contribution in [2.75, 3.05) is 13.2 Å². The van der Waals surface area contributed by atoms with E-state index < -0.39 is 0 Å². The number of imidazole rings is 1. The zero-order valence-electron chi connectivity index (χ0n) is 14.6. The first-order valence-electron chi connectivity index (χ1n) is 8.69. The van der Waals surface area contributed by atoms with Gasteiger partial charge >= 0.3 is 0 Å². The lowest BCUT2D eigenvalue weighted by Gasteiger charge is -2.26. The summed E-state index contributed by atoms with van der Waals surface area (Å²) in [6.07, 6.45) is 3.09. The fourth-order valence-electron chi connectivity index (χ4n) is 3.56. The van der Waals surface area contributed by atoms with Gasteiger partial charge in [-0.1, -0.05) is 6.07 Å². The zero-order valence-corrected chi connectivity index (χ0v) is 14.6. The van der Waals surface area contributed by atoms with E-state index in [0.717, 1.165) is 52.4 Å². The number of carbonyl (C=O) groups excluding carboxylic acids is 1. The molecule has 1 aromatic carbocycles. The van der Waals surface area contributed by atoms with Crippen LogP contribution in [0.1, 0.15) is 29.7 Å². The Kier molecular flexibility index (Phi) is 3.95. The van der Waals surface area contributed by atoms with Crippen LogP contribution in [0.25, 0.3) is 10.9 Å². The molecular formula is C19H22N4O2. The highest BCUT2D eigenvalue weighted by molar-refractivity contribution is 5.93. The molecule has 6 heteroatoms. The predicted molar refractivity (Wildman–Crippen MR) is 95.6 cm³/mol. The summed E-state index contributed by atoms with van der Waals surface area (Å²) in [5.41, 5.74) is 4.13. The van der Waals surface area contributed by atoms with E-state index in [2.05, 4.69) is 15.0 Å². The summed E-state index contributed by atoms with van der Waals surface area (Å²) in [5.74, 6) is 1.87. The zero-order chi connectivity index (χ0) is 17.4. The average Bonchev–Trinajstić information content (AvgIpc) is 3.17. The molecule has 1 aliphatic rings. The van der Waals surface area contributed by atoms with Crippen LogP contribution in [-0.2, 0) is 24.2 Å². The van der Waals surface area contributed by atoms with Crippen molar-refractivity contribution < 1.29 is 9.53 Å². The molecule has 1 amide bonds. The third-order valence-corrected chi connectivity index (χ3v) is 4.69. The Bertz CT molecular complexity index is 925. The maximum Gasteiger partial charge on any atom is 0.227 e. The van der Waals surface area contributed by atoms with E-state index in [1.807, 2.05) is 43.1 Å². The van der Waals surface area contributed by atoms with Gasteiger partial charge in [-0.25, -0.2) is 4.98 Å². The van der Waals surface area contributed by atoms with Gasteiger partial charge in [0.25, 0.3) is 0 Å². The van der Waals surface area contributed by atoms with Crippen LogP contribution in [-0.4, -0.2) is 38.9 Å². The molecule has 0 saturated heterocycles. The predicted octanol–water partition coefficient (Wildman–Crippen LogP) is 2.73. The SMILES string of the molecule is CCOc1cccc2[nH]cc(CC(=O)N3CCc4nc(C)[nH]c4C3)c12. The highest BCUT2D eigenvalue weighted by Gasteiger charge is 2.24. The number of aromatic nitrogens is 3. The van der Waals surface area contributed by atoms with E-state index in [4.69, 9.17) is 4.74 Å². The minimum atomic E-state index is 0.130. The van der Waals surface area contributed by atoms with Crippen LogP contribution in [0.3, 0.4) is 0 Å². The van der Waals surface area contributed by atoms with Gasteiger partial charge in [0.1, 0.15) is 11.6 Å². The van der Waals surface area contributed by atoms with Crippen molar-refractivity contribution in [1.82, 2.24) is 19.9 Å². The summed E-state index contributed by atoms with van der Waals surface area (Å²) >= 11 is 0. The molecule has 0 atom stereocenters. The number of H-pyrrole nitrogens is 2. The second kappa shape index (κ2) is 6.27. The molecule has 6 nitrogen and oxygen atoms in total. The summed E-state index contributed by atoms with van der Waals surface area (Å²) in [4.78, 5) is 25.7. The lowest BCUT2D eigenvalue weighted by atomic mass is 10.1. The van der Waals surface area contributed by atoms with Crippen molar-refractivity contribution in [1.29, 1.82) is 0 Å². The van der Waals surface area contributed by atoms with Gasteiger partial charge in [0.05, 0.1) is 31.0 Å². The Morgan fingerprint density at radius 2 is 2.28 bits per heavy atom. The summed E-state index contributed by atoms with van der Waals surface area (Å²) in [7, 11) is 0. The Labute approximate surface area is 146 Å². The van der Waals surface area contributed by atoms with Crippen LogP contribution in [0.5, 0.6) is 5.75 Å². The lowest BCUT2D eigenvalue weighted by molar-refractivity contribution is -0.131. The van der Waals surface area contributed by atoms with E-state index in [-0.39, 0.29) is 5.91 Å². The first-order chi connectivity index (χ1) is 12.2. The van der Waals surface area contributed by atoms with Gasteiger partial charge in [-0.2, -0.15) is 0 Å². The topological polar surface area (TPSA) is 74.0 Å². The number of aryl methyl sites for hydroxylation is 1. The number of aromatic amines is 2. The largest absolute Gasteiger partial charge is 0.493 e. The maximum absolute atomic E-state index is 12.8. The molecule has 4 rings (SSSR count). The molecule has 0 saturated carbocycles. The second-order valence-electron chi connectivity index (χ2n) is 6.42. The molecule has 25 heavy (non-hydrogen) atoms. The molecule has 0 radical (unpaired) electrons. The molecule has 1 aliphatic heterocycles. The minimum Gasteiger partial charge on any atom is -0.493 e. The molecule has 0 spiro atoms. The Morgan fingerprint density at radius 3 is 3.12 bits per heavy atom. The molecule has 0 bridgehead atoms. The highest BCUT2D eigenvalue weighted by atomic mass is 16.5. The number of nitrogens with zero attached hydrogens (tertiary/aromatic N) is 2. The summed E-state index contributed by atoms with van der Waals surface area (Å²) in [6.45, 7) is 5.85. The highest BCUT2D eigenvalue weighted by Crippen LogP contribution is 2.29. The van der Waals surface area contributed by atoms with Crippen molar-refractivity contribution in [2.24, 2.45) is 0 Å². The van der Waals surface area contributed by atoms with E-state index in [9.17, 15) is 4.79 Å². The number of fused-ring (bicyclic) bond motifs is 2. The number of hydrogen-bond acceptors (Lipinski definition) is 3. The number of nitrogens with one attached hydrogen (secondary N) is 2. The Balaban J connectivity index is 1.56. The van der Waals surface area contributed by atoms with Crippen LogP contribution in [0.4, 0.5) is 0 Å². The van der Waals surface area contributed by atoms with Crippen LogP contribution < -0.4 is 4.74 Å². The molecule has 3 heterocycles. The molecule has 2 N–H and O–H groups in total. The number of hydrogen-bond donors (Lipinski definition) is 2. The molecule has 0 aliphatic carbocycles. The fraction of sp³-hybridized carbons (Fsp3) is 0.368. The first kappa shape index (κ1) is 15.7. The molecule has 130 valence electrons. The molecule has 0 fully saturated rings. The number of amides is 1. The maximum atomic E-state index is 12.8. The Morgan fingerprint density at radius 1 is 1.40 bits per heavy atom. The van der Waals surface area contributed by atoms with Gasteiger partial charge in [-0.05, 0) is 31.5 Å². The second-order valence-corrected chi connectivity index (χ2v) is 6.42. The van der Waals surface area contributed by atoms with Crippen molar-refractivity contribution >= 4 is 16.8 Å². The lowest BCUT2D eigenvalue weighted by Crippen LogP contribution is -2.37. The smallest absolute Gasteiger partial charge is 0.227 e. The van der Waals surface area contributed by atoms with Crippen LogP contribution in [0.15, 0.2) is 24.4 Å². The number of carbonyl (C=O) groups is 1. The molecule has 0 unspecified atom stereocenters. The standard InChI is InChI=1S/C19H22N4O2/c1-3-25-17-6-4-5-15-19(17)13(10-20-15)9-18(24)23-8-7-14-16(11-23)22-12(2)21-14/h4-6,10,20H,3,7-9,11H2,1-2H3,(H,21,22). The molecule has 3 aromatic rings. The number of benzene rings is 1. The third kappa shape index (κ3) is 2.88. The normalized spacial score (nSPS) is 13.9. The van der Waals surface area contributed by atoms with E-state index in [0.29, 0.717) is 19.6 Å². The summed E-state index contributed by atoms with van der Waals surface area (Å²) < 4.78 is 5.74. The summed E-state index contributed by atoms with van der Waals surface area (Å²) in [6, 6.07) is 5.92. The van der Waals surface area contributed by atoms with E-state index in [1.54, 1.807) is 0 Å². The number of rotatable bonds is 4. The average molecular weight is 338 g/mol. The third-order valence-electron chi connectivity index (χ3n) is 4.69. The van der Waals surface area contributed by atoms with Crippen molar-refractivity contribution in [3.05, 3.63) is 47.2 Å². The van der Waals surface area contributed by atoms with Crippen molar-refractivity contribution in [3.8, 4) is 5.75 Å². The van der Waals surface area contributed by atoms with Gasteiger partial charge in [0.15, 0.2) is 0 Å². The van der Waals surface area contributed by atoms with E-state index >= 15 is 0 Å². The van der Waals surface area contributed by atoms with Crippen LogP contribution in [0.2, 0.25) is 0 Å². The quantitative estimate of drug-likeness (QED) is 0.768. The van der Waals surface area contributed by atoms with Gasteiger partial charge in [0, 0.05) is 30.1 Å².